The minimum Gasteiger partial charge on any atom is -0.480 e. The molecule has 0 radical (unpaired) electrons. The van der Waals surface area contributed by atoms with E-state index >= 15 is 0 Å². The molecule has 120 heavy (non-hydrogen) atoms. The number of carboxylic acids is 1. The fourth-order valence-electron chi connectivity index (χ4n) is 12.8. The van der Waals surface area contributed by atoms with Gasteiger partial charge in [0.2, 0.25) is 30.1 Å². The number of ether oxygens (including phenoxy) is 5. The van der Waals surface area contributed by atoms with Crippen LogP contribution in [-0.2, 0) is 63.5 Å². The van der Waals surface area contributed by atoms with Crippen molar-refractivity contribution >= 4 is 122 Å². The van der Waals surface area contributed by atoms with Gasteiger partial charge in [-0.05, 0) is 178 Å². The predicted octanol–water partition coefficient (Wildman–Crippen LogP) is 11.1. The number of likely N-dealkylation sites (N-methyl/N-ethyl adjacent to an activating group) is 1. The van der Waals surface area contributed by atoms with Gasteiger partial charge in [0.15, 0.2) is 0 Å². The summed E-state index contributed by atoms with van der Waals surface area (Å²) >= 11 is 3.43. The number of aliphatic imine (C=N–C) groups is 3. The predicted molar refractivity (Wildman–Crippen MR) is 434 cm³/mol. The number of hydrogen-bond acceptors (Lipinski definition) is 21. The van der Waals surface area contributed by atoms with E-state index < -0.39 is 107 Å². The Balaban J connectivity index is 0.000000207. The molecule has 0 unspecified atom stereocenters. The van der Waals surface area contributed by atoms with Crippen molar-refractivity contribution in [3.05, 3.63) is 199 Å². The van der Waals surface area contributed by atoms with Gasteiger partial charge in [-0.25, -0.2) is 30.0 Å². The second-order valence-electron chi connectivity index (χ2n) is 27.5. The van der Waals surface area contributed by atoms with E-state index in [9.17, 15) is 88.7 Å². The number of anilines is 3. The lowest BCUT2D eigenvalue weighted by atomic mass is 9.89. The maximum atomic E-state index is 13.1. The SMILES string of the molecule is C=CS(=O)(=O)N1CCC2(CC1)N=C(c1cccc(OC(F)(F)F)c1)NC2=O.CNc1ccc(/C=C/S(=O)(=O)N2CCC3(CC2)N=C(c2cccc(OC(F)(F)F)c2)NC3=O)c(C)c1.CNc1ccc(Br)c(C)c1.COCC(=O)N(C)c1ccc(/C=C/S(=O)(=O)N2CCC3(CC2)N=C(c2cccc(OC(F)(F)F)c2)NC3=O)c(C)c1.COCC(=O)O. The Hall–Kier alpha value is -10.6. The first-order valence-electron chi connectivity index (χ1n) is 36.3. The molecule has 6 N–H and O–H groups in total. The maximum absolute atomic E-state index is 13.1. The summed E-state index contributed by atoms with van der Waals surface area (Å²) in [6.45, 7) is 9.14. The van der Waals surface area contributed by atoms with E-state index in [4.69, 9.17) is 9.84 Å². The molecule has 0 aromatic heterocycles. The van der Waals surface area contributed by atoms with Gasteiger partial charge in [-0.15, -0.1) is 39.5 Å². The van der Waals surface area contributed by atoms with Crippen LogP contribution in [0.25, 0.3) is 12.2 Å². The third kappa shape index (κ3) is 25.7. The summed E-state index contributed by atoms with van der Waals surface area (Å²) in [6.07, 6.45) is -10.7. The Morgan fingerprint density at radius 2 is 0.850 bits per heavy atom. The first-order valence-corrected chi connectivity index (χ1v) is 41.6. The second kappa shape index (κ2) is 39.7. The van der Waals surface area contributed by atoms with Crippen LogP contribution < -0.4 is 45.7 Å². The van der Waals surface area contributed by atoms with Gasteiger partial charge in [0.05, 0.1) is 0 Å². The molecule has 3 fully saturated rings. The number of carboxylic acid groups (broad SMARTS) is 1. The van der Waals surface area contributed by atoms with Gasteiger partial charge in [-0.3, -0.25) is 34.2 Å². The average Bonchev–Trinajstić information content (AvgIpc) is 1.62. The van der Waals surface area contributed by atoms with Crippen LogP contribution in [0.3, 0.4) is 0 Å². The highest BCUT2D eigenvalue weighted by atomic mass is 79.9. The number of halogens is 10. The van der Waals surface area contributed by atoms with Crippen molar-refractivity contribution in [2.75, 3.05) is 103 Å². The van der Waals surface area contributed by atoms with E-state index in [0.717, 1.165) is 85.2 Å². The van der Waals surface area contributed by atoms with Crippen molar-refractivity contribution in [2.24, 2.45) is 15.0 Å². The zero-order valence-corrected chi connectivity index (χ0v) is 69.8. The van der Waals surface area contributed by atoms with Gasteiger partial charge in [0, 0.05) is 129 Å². The summed E-state index contributed by atoms with van der Waals surface area (Å²) in [5, 5.41) is 24.8. The summed E-state index contributed by atoms with van der Waals surface area (Å²) in [5.74, 6) is -3.35. The number of sulfonamides is 3. The number of carbonyl (C=O) groups is 5. The number of nitrogens with one attached hydrogen (secondary N) is 5. The molecular weight excluding hydrogens is 1720 g/mol. The molecule has 42 heteroatoms. The first-order chi connectivity index (χ1) is 56.2. The van der Waals surface area contributed by atoms with Gasteiger partial charge >= 0.3 is 25.1 Å². The molecule has 6 aliphatic rings. The number of aryl methyl sites for hydroxylation is 3. The molecular formula is C78H86BrF9N12O17S3. The Morgan fingerprint density at radius 3 is 1.15 bits per heavy atom. The summed E-state index contributed by atoms with van der Waals surface area (Å²) in [5.41, 5.74) is 4.31. The number of methoxy groups -OCH3 is 2. The molecule has 6 aromatic rings. The topological polar surface area (TPSA) is 364 Å². The summed E-state index contributed by atoms with van der Waals surface area (Å²) in [4.78, 5) is 74.4. The van der Waals surface area contributed by atoms with Crippen molar-refractivity contribution in [3.63, 3.8) is 0 Å². The molecule has 0 atom stereocenters. The minimum absolute atomic E-state index is 0.0262. The van der Waals surface area contributed by atoms with Crippen LogP contribution in [0.4, 0.5) is 56.6 Å². The molecule has 648 valence electrons. The number of amidine groups is 3. The van der Waals surface area contributed by atoms with E-state index in [0.29, 0.717) is 11.3 Å². The standard InChI is InChI=1S/C27H29F3N4O6S.C24H25F3N4O4S.C16H16F3N3O4S.C8H10BrN.C3H6O3/c1-18-15-21(33(2)23(35)17-39-3)8-7-19(18)9-14-41(37,38)34-12-10-26(11-13-34)25(36)31-24(32-26)20-5-4-6-22(16-20)40-27(28,29)30;1-16-14-19(28-2)7-6-17(16)8-13-36(33,34)31-11-9-23(10-12-31)22(32)29-21(30-23)18-4-3-5-20(15-18)35-24(25,26)27;1-2-27(24,25)22-8-6-15(7-9-22)14(23)20-13(21-15)11-4-3-5-12(10-11)26-16(17,18)19;1-6-5-7(10-2)3-4-8(6)9;1-6-2-3(4)5/h4-9,14-16H,10-13,17H2,1-3H3,(H,31,32,36);3-8,13-15,28H,9-12H2,1-2H3,(H,29,30,32);2-5,10H,1,6-9H2,(H,20,21,23);3-5,10H,1-2H3;2H2,1H3,(H,4,5)/b14-9+;13-8+;;;. The highest BCUT2D eigenvalue weighted by molar-refractivity contribution is 9.10. The maximum Gasteiger partial charge on any atom is 0.573 e. The highest BCUT2D eigenvalue weighted by Gasteiger charge is 2.51. The lowest BCUT2D eigenvalue weighted by Gasteiger charge is -2.34. The number of alkyl halides is 9. The smallest absolute Gasteiger partial charge is 0.480 e. The third-order valence-electron chi connectivity index (χ3n) is 19.3. The molecule has 3 saturated heterocycles. The van der Waals surface area contributed by atoms with Crippen molar-refractivity contribution in [2.45, 2.75) is 95.0 Å². The number of carbonyl (C=O) groups excluding carboxylic acids is 4. The van der Waals surface area contributed by atoms with Gasteiger partial charge in [-0.2, -0.15) is 12.9 Å². The molecule has 4 amide bonds. The summed E-state index contributed by atoms with van der Waals surface area (Å²) in [7, 11) is -3.03. The number of rotatable bonds is 21. The van der Waals surface area contributed by atoms with Crippen LogP contribution in [0.2, 0.25) is 0 Å². The van der Waals surface area contributed by atoms with Crippen LogP contribution in [0, 0.1) is 20.8 Å². The van der Waals surface area contributed by atoms with E-state index in [1.165, 1.54) is 80.1 Å². The Labute approximate surface area is 694 Å². The van der Waals surface area contributed by atoms with E-state index in [1.54, 1.807) is 45.3 Å². The molecule has 6 aromatic carbocycles. The van der Waals surface area contributed by atoms with Crippen molar-refractivity contribution in [1.82, 2.24) is 28.9 Å². The summed E-state index contributed by atoms with van der Waals surface area (Å²) < 4.78 is 214. The first kappa shape index (κ1) is 94.9. The van der Waals surface area contributed by atoms with Crippen LogP contribution in [0.5, 0.6) is 17.2 Å². The number of amides is 4. The van der Waals surface area contributed by atoms with E-state index in [-0.39, 0.29) is 131 Å². The lowest BCUT2D eigenvalue weighted by Crippen LogP contribution is -2.50. The minimum atomic E-state index is -4.86. The molecule has 0 saturated carbocycles. The molecule has 29 nitrogen and oxygen atoms in total. The quantitative estimate of drug-likeness (QED) is 0.0365. The molecule has 0 bridgehead atoms. The number of aliphatic carboxylic acids is 1. The third-order valence-corrected chi connectivity index (χ3v) is 24.8. The van der Waals surface area contributed by atoms with Crippen molar-refractivity contribution in [3.8, 4) is 17.2 Å². The number of piperidine rings is 3. The van der Waals surface area contributed by atoms with Gasteiger partial charge < -0.3 is 60.3 Å². The Bertz CT molecular complexity index is 5300. The Kier molecular flexibility index (Phi) is 31.4. The van der Waals surface area contributed by atoms with Crippen LogP contribution in [-0.4, -0.2) is 214 Å². The molecule has 12 rings (SSSR count). The average molecular weight is 1810 g/mol. The summed E-state index contributed by atoms with van der Waals surface area (Å²) in [6, 6.07) is 32.4. The lowest BCUT2D eigenvalue weighted by molar-refractivity contribution is -0.275. The van der Waals surface area contributed by atoms with Gasteiger partial charge in [0.1, 0.15) is 64.6 Å². The molecule has 6 heterocycles. The van der Waals surface area contributed by atoms with Gasteiger partial charge in [-0.1, -0.05) is 71.0 Å². The largest absolute Gasteiger partial charge is 0.573 e. The fraction of sp³-hybridized carbons (Fsp3) is 0.359. The monoisotopic (exact) mass is 1810 g/mol. The van der Waals surface area contributed by atoms with E-state index in [2.05, 4.69) is 96.0 Å². The van der Waals surface area contributed by atoms with Crippen LogP contribution in [0.1, 0.15) is 83.0 Å². The van der Waals surface area contributed by atoms with Crippen LogP contribution >= 0.6 is 15.9 Å². The highest BCUT2D eigenvalue weighted by Crippen LogP contribution is 2.38. The Morgan fingerprint density at radius 1 is 0.517 bits per heavy atom. The molecule has 0 aliphatic carbocycles. The fourth-order valence-corrected chi connectivity index (χ4v) is 16.3. The number of nitrogens with zero attached hydrogens (tertiary/aromatic N) is 7. The van der Waals surface area contributed by atoms with Gasteiger partial charge in [0.25, 0.3) is 23.6 Å². The van der Waals surface area contributed by atoms with Crippen LogP contribution in [0.15, 0.2) is 170 Å². The number of hydrogen-bond donors (Lipinski definition) is 6. The van der Waals surface area contributed by atoms with Crippen molar-refractivity contribution < 1.29 is 118 Å². The normalized spacial score (nSPS) is 17.2. The molecule has 3 spiro atoms. The van der Waals surface area contributed by atoms with Crippen molar-refractivity contribution in [1.29, 1.82) is 0 Å². The second-order valence-corrected chi connectivity index (χ2v) is 33.8. The van der Waals surface area contributed by atoms with E-state index in [1.807, 2.05) is 44.3 Å². The zero-order chi connectivity index (χ0) is 88.6. The molecule has 6 aliphatic heterocycles. The number of benzene rings is 6. The zero-order valence-electron chi connectivity index (χ0n) is 65.7.